The number of nitrogens with zero attached hydrogens (tertiary/aromatic N) is 1. The number of nitrogens with one attached hydrogen (secondary N) is 2. The Bertz CT molecular complexity index is 166. The van der Waals surface area contributed by atoms with Gasteiger partial charge in [-0.25, -0.2) is 0 Å². The summed E-state index contributed by atoms with van der Waals surface area (Å²) >= 11 is 0. The molecule has 0 aliphatic carbocycles. The minimum Gasteiger partial charge on any atom is -0.355 e. The molecule has 4 nitrogen and oxygen atoms in total. The van der Waals surface area contributed by atoms with Gasteiger partial charge in [0.2, 0.25) is 5.91 Å². The summed E-state index contributed by atoms with van der Waals surface area (Å²) in [4.78, 5) is 12.9. The van der Waals surface area contributed by atoms with E-state index in [0.717, 1.165) is 26.2 Å². The number of hydrogen-bond donors (Lipinski definition) is 2. The molecular weight excluding hydrogens is 166 g/mol. The van der Waals surface area contributed by atoms with Crippen LogP contribution in [0, 0.1) is 0 Å². The highest BCUT2D eigenvalue weighted by Crippen LogP contribution is 2.04. The van der Waals surface area contributed by atoms with Gasteiger partial charge in [0.05, 0.1) is 0 Å². The standard InChI is InChI=1S/C9H19N3O/c1-8(13)11-5-6-12(2)9-3-4-10-7-9/h9-10H,3-7H2,1-2H3,(H,11,13). The molecule has 0 saturated carbocycles. The van der Waals surface area contributed by atoms with Crippen molar-refractivity contribution in [1.82, 2.24) is 15.5 Å². The summed E-state index contributed by atoms with van der Waals surface area (Å²) < 4.78 is 0. The zero-order chi connectivity index (χ0) is 9.68. The van der Waals surface area contributed by atoms with Crippen molar-refractivity contribution in [2.24, 2.45) is 0 Å². The number of rotatable bonds is 4. The van der Waals surface area contributed by atoms with Crippen molar-refractivity contribution in [2.75, 3.05) is 33.2 Å². The minimum absolute atomic E-state index is 0.0537. The van der Waals surface area contributed by atoms with Gasteiger partial charge in [-0.05, 0) is 20.0 Å². The van der Waals surface area contributed by atoms with Crippen LogP contribution in [0.5, 0.6) is 0 Å². The first-order valence-corrected chi connectivity index (χ1v) is 4.85. The molecule has 1 unspecified atom stereocenters. The second kappa shape index (κ2) is 5.19. The molecule has 0 aromatic carbocycles. The fourth-order valence-corrected chi connectivity index (χ4v) is 1.61. The van der Waals surface area contributed by atoms with E-state index in [1.54, 1.807) is 6.92 Å². The average molecular weight is 185 g/mol. The van der Waals surface area contributed by atoms with Crippen molar-refractivity contribution in [1.29, 1.82) is 0 Å². The van der Waals surface area contributed by atoms with E-state index in [9.17, 15) is 4.79 Å². The van der Waals surface area contributed by atoms with E-state index in [1.165, 1.54) is 6.42 Å². The minimum atomic E-state index is 0.0537. The summed E-state index contributed by atoms with van der Waals surface area (Å²) in [5.74, 6) is 0.0537. The van der Waals surface area contributed by atoms with Gasteiger partial charge in [0.15, 0.2) is 0 Å². The van der Waals surface area contributed by atoms with Gasteiger partial charge in [-0.3, -0.25) is 4.79 Å². The Morgan fingerprint density at radius 1 is 1.69 bits per heavy atom. The van der Waals surface area contributed by atoms with Gasteiger partial charge in [0, 0.05) is 32.6 Å². The third-order valence-electron chi connectivity index (χ3n) is 2.50. The number of likely N-dealkylation sites (N-methyl/N-ethyl adjacent to an activating group) is 1. The van der Waals surface area contributed by atoms with E-state index in [2.05, 4.69) is 22.6 Å². The van der Waals surface area contributed by atoms with Crippen LogP contribution in [0.2, 0.25) is 0 Å². The molecule has 0 bridgehead atoms. The lowest BCUT2D eigenvalue weighted by Crippen LogP contribution is -2.39. The Labute approximate surface area is 79.7 Å². The van der Waals surface area contributed by atoms with Crippen molar-refractivity contribution in [3.63, 3.8) is 0 Å². The topological polar surface area (TPSA) is 44.4 Å². The second-order valence-electron chi connectivity index (χ2n) is 3.61. The first kappa shape index (κ1) is 10.5. The normalized spacial score (nSPS) is 22.2. The van der Waals surface area contributed by atoms with Gasteiger partial charge < -0.3 is 15.5 Å². The Morgan fingerprint density at radius 2 is 2.46 bits per heavy atom. The largest absolute Gasteiger partial charge is 0.355 e. The van der Waals surface area contributed by atoms with Gasteiger partial charge in [0.1, 0.15) is 0 Å². The highest BCUT2D eigenvalue weighted by Gasteiger charge is 2.18. The number of carbonyl (C=O) groups is 1. The molecule has 1 fully saturated rings. The second-order valence-corrected chi connectivity index (χ2v) is 3.61. The summed E-state index contributed by atoms with van der Waals surface area (Å²) in [6.45, 7) is 5.44. The first-order valence-electron chi connectivity index (χ1n) is 4.85. The van der Waals surface area contributed by atoms with Crippen LogP contribution in [0.1, 0.15) is 13.3 Å². The summed E-state index contributed by atoms with van der Waals surface area (Å²) in [5.41, 5.74) is 0. The van der Waals surface area contributed by atoms with Crippen molar-refractivity contribution in [3.05, 3.63) is 0 Å². The van der Waals surface area contributed by atoms with Crippen molar-refractivity contribution < 1.29 is 4.79 Å². The molecule has 0 aromatic heterocycles. The van der Waals surface area contributed by atoms with E-state index < -0.39 is 0 Å². The molecule has 0 aromatic rings. The quantitative estimate of drug-likeness (QED) is 0.615. The third kappa shape index (κ3) is 3.74. The van der Waals surface area contributed by atoms with Crippen LogP contribution in [-0.2, 0) is 4.79 Å². The molecule has 4 heteroatoms. The molecule has 1 heterocycles. The van der Waals surface area contributed by atoms with E-state index >= 15 is 0 Å². The third-order valence-corrected chi connectivity index (χ3v) is 2.50. The highest BCUT2D eigenvalue weighted by atomic mass is 16.1. The lowest BCUT2D eigenvalue weighted by molar-refractivity contribution is -0.119. The predicted octanol–water partition coefficient (Wildman–Crippen LogP) is -0.584. The highest BCUT2D eigenvalue weighted by molar-refractivity contribution is 5.72. The Balaban J connectivity index is 2.09. The molecule has 76 valence electrons. The fraction of sp³-hybridized carbons (Fsp3) is 0.889. The average Bonchev–Trinajstić information content (AvgIpc) is 2.55. The lowest BCUT2D eigenvalue weighted by atomic mass is 10.2. The van der Waals surface area contributed by atoms with Crippen molar-refractivity contribution in [2.45, 2.75) is 19.4 Å². The summed E-state index contributed by atoms with van der Waals surface area (Å²) in [7, 11) is 2.11. The number of hydrogen-bond acceptors (Lipinski definition) is 3. The van der Waals surface area contributed by atoms with E-state index in [4.69, 9.17) is 0 Å². The molecule has 1 saturated heterocycles. The molecule has 0 spiro atoms. The van der Waals surface area contributed by atoms with Crippen LogP contribution < -0.4 is 10.6 Å². The molecule has 2 N–H and O–H groups in total. The molecule has 1 atom stereocenters. The molecule has 1 rings (SSSR count). The fourth-order valence-electron chi connectivity index (χ4n) is 1.61. The molecular formula is C9H19N3O. The lowest BCUT2D eigenvalue weighted by Gasteiger charge is -2.23. The molecule has 1 amide bonds. The van der Waals surface area contributed by atoms with Gasteiger partial charge in [0.25, 0.3) is 0 Å². The van der Waals surface area contributed by atoms with Crippen LogP contribution >= 0.6 is 0 Å². The summed E-state index contributed by atoms with van der Waals surface area (Å²) in [6, 6.07) is 0.647. The molecule has 1 aliphatic rings. The smallest absolute Gasteiger partial charge is 0.216 e. The monoisotopic (exact) mass is 185 g/mol. The van der Waals surface area contributed by atoms with E-state index in [1.807, 2.05) is 0 Å². The maximum atomic E-state index is 10.6. The predicted molar refractivity (Wildman–Crippen MR) is 52.6 cm³/mol. The zero-order valence-corrected chi connectivity index (χ0v) is 8.47. The van der Waals surface area contributed by atoms with Crippen LogP contribution in [0.15, 0.2) is 0 Å². The van der Waals surface area contributed by atoms with Gasteiger partial charge in [-0.15, -0.1) is 0 Å². The number of amides is 1. The van der Waals surface area contributed by atoms with Crippen molar-refractivity contribution in [3.8, 4) is 0 Å². The molecule has 0 radical (unpaired) electrons. The van der Waals surface area contributed by atoms with Crippen LogP contribution in [0.25, 0.3) is 0 Å². The van der Waals surface area contributed by atoms with E-state index in [-0.39, 0.29) is 5.91 Å². The van der Waals surface area contributed by atoms with Gasteiger partial charge in [-0.1, -0.05) is 0 Å². The van der Waals surface area contributed by atoms with E-state index in [0.29, 0.717) is 6.04 Å². The van der Waals surface area contributed by atoms with Crippen molar-refractivity contribution >= 4 is 5.91 Å². The molecule has 13 heavy (non-hydrogen) atoms. The maximum Gasteiger partial charge on any atom is 0.216 e. The maximum absolute atomic E-state index is 10.6. The van der Waals surface area contributed by atoms with Crippen LogP contribution in [-0.4, -0.2) is 50.1 Å². The summed E-state index contributed by atoms with van der Waals surface area (Å²) in [5, 5.41) is 6.12. The molecule has 1 aliphatic heterocycles. The Morgan fingerprint density at radius 3 is 3.00 bits per heavy atom. The Kier molecular flexibility index (Phi) is 4.18. The van der Waals surface area contributed by atoms with Gasteiger partial charge in [-0.2, -0.15) is 0 Å². The SMILES string of the molecule is CC(=O)NCCN(C)C1CCNC1. The van der Waals surface area contributed by atoms with Crippen LogP contribution in [0.4, 0.5) is 0 Å². The zero-order valence-electron chi connectivity index (χ0n) is 8.47. The van der Waals surface area contributed by atoms with Gasteiger partial charge >= 0.3 is 0 Å². The van der Waals surface area contributed by atoms with Crippen LogP contribution in [0.3, 0.4) is 0 Å². The number of carbonyl (C=O) groups excluding carboxylic acids is 1. The Hall–Kier alpha value is -0.610. The first-order chi connectivity index (χ1) is 6.20. The summed E-state index contributed by atoms with van der Waals surface area (Å²) in [6.07, 6.45) is 1.22.